The fourth-order valence-corrected chi connectivity index (χ4v) is 2.56. The predicted octanol–water partition coefficient (Wildman–Crippen LogP) is 2.31. The highest BCUT2D eigenvalue weighted by atomic mass is 16.5. The van der Waals surface area contributed by atoms with E-state index in [1.54, 1.807) is 4.90 Å². The zero-order valence-corrected chi connectivity index (χ0v) is 13.8. The number of morpholine rings is 1. The molecule has 1 aliphatic heterocycles. The normalized spacial score (nSPS) is 16.7. The van der Waals surface area contributed by atoms with Gasteiger partial charge < -0.3 is 20.1 Å². The van der Waals surface area contributed by atoms with Gasteiger partial charge in [0, 0.05) is 23.4 Å². The molecule has 2 amide bonds. The van der Waals surface area contributed by atoms with E-state index in [-0.39, 0.29) is 18.7 Å². The molecule has 1 fully saturated rings. The monoisotopic (exact) mass is 336 g/mol. The molecule has 1 heterocycles. The third kappa shape index (κ3) is 4.83. The van der Waals surface area contributed by atoms with Gasteiger partial charge in [-0.1, -0.05) is 36.1 Å². The van der Waals surface area contributed by atoms with Crippen LogP contribution in [0.3, 0.4) is 0 Å². The highest BCUT2D eigenvalue weighted by molar-refractivity contribution is 5.89. The van der Waals surface area contributed by atoms with Crippen molar-refractivity contribution < 1.29 is 14.6 Å². The molecule has 5 heteroatoms. The summed E-state index contributed by atoms with van der Waals surface area (Å²) in [4.78, 5) is 14.0. The van der Waals surface area contributed by atoms with Gasteiger partial charge in [-0.3, -0.25) is 0 Å². The highest BCUT2D eigenvalue weighted by Gasteiger charge is 2.23. The zero-order valence-electron chi connectivity index (χ0n) is 13.8. The Morgan fingerprint density at radius 1 is 1.16 bits per heavy atom. The molecule has 0 aromatic heterocycles. The second kappa shape index (κ2) is 8.34. The first-order chi connectivity index (χ1) is 12.2. The first-order valence-electron chi connectivity index (χ1n) is 8.20. The van der Waals surface area contributed by atoms with Crippen molar-refractivity contribution in [1.29, 1.82) is 0 Å². The van der Waals surface area contributed by atoms with Gasteiger partial charge in [0.05, 0.1) is 25.9 Å². The van der Waals surface area contributed by atoms with E-state index in [0.717, 1.165) is 11.1 Å². The predicted molar refractivity (Wildman–Crippen MR) is 96.3 cm³/mol. The zero-order chi connectivity index (χ0) is 17.5. The number of rotatable bonds is 2. The summed E-state index contributed by atoms with van der Waals surface area (Å²) in [7, 11) is 0. The van der Waals surface area contributed by atoms with Gasteiger partial charge in [0.25, 0.3) is 0 Å². The van der Waals surface area contributed by atoms with Crippen LogP contribution < -0.4 is 5.32 Å². The number of ether oxygens (including phenoxy) is 1. The molecular weight excluding hydrogens is 316 g/mol. The molecule has 0 aliphatic carbocycles. The number of nitrogens with zero attached hydrogens (tertiary/aromatic N) is 1. The molecule has 0 bridgehead atoms. The minimum absolute atomic E-state index is 0.0889. The number of carbonyl (C=O) groups is 1. The standard InChI is InChI=1S/C20H20N2O3/c23-15-19-14-22(11-12-25-19)20(24)21-18-8-4-7-17(13-18)10-9-16-5-2-1-3-6-16/h1-8,13,19,23H,11-12,14-15H2,(H,21,24). The molecule has 2 aromatic carbocycles. The van der Waals surface area contributed by atoms with E-state index in [4.69, 9.17) is 4.74 Å². The van der Waals surface area contributed by atoms with Gasteiger partial charge in [0.2, 0.25) is 0 Å². The lowest BCUT2D eigenvalue weighted by Crippen LogP contribution is -2.48. The van der Waals surface area contributed by atoms with E-state index in [1.807, 2.05) is 54.6 Å². The lowest BCUT2D eigenvalue weighted by molar-refractivity contribution is -0.0388. The van der Waals surface area contributed by atoms with E-state index in [1.165, 1.54) is 0 Å². The van der Waals surface area contributed by atoms with Crippen molar-refractivity contribution in [2.24, 2.45) is 0 Å². The van der Waals surface area contributed by atoms with Crippen LogP contribution in [0.2, 0.25) is 0 Å². The minimum Gasteiger partial charge on any atom is -0.394 e. The summed E-state index contributed by atoms with van der Waals surface area (Å²) in [5.74, 6) is 6.20. The number of nitrogens with one attached hydrogen (secondary N) is 1. The molecule has 1 saturated heterocycles. The van der Waals surface area contributed by atoms with Crippen molar-refractivity contribution in [3.8, 4) is 11.8 Å². The molecule has 0 radical (unpaired) electrons. The summed E-state index contributed by atoms with van der Waals surface area (Å²) in [6.45, 7) is 1.24. The third-order valence-corrected chi connectivity index (χ3v) is 3.87. The van der Waals surface area contributed by atoms with Crippen LogP contribution in [-0.4, -0.2) is 48.4 Å². The Labute approximate surface area is 147 Å². The van der Waals surface area contributed by atoms with E-state index >= 15 is 0 Å². The van der Waals surface area contributed by atoms with Crippen molar-refractivity contribution in [3.05, 3.63) is 65.7 Å². The highest BCUT2D eigenvalue weighted by Crippen LogP contribution is 2.13. The Bertz CT molecular complexity index is 780. The third-order valence-electron chi connectivity index (χ3n) is 3.87. The fraction of sp³-hybridized carbons (Fsp3) is 0.250. The molecule has 3 rings (SSSR count). The molecule has 5 nitrogen and oxygen atoms in total. The molecule has 1 atom stereocenters. The number of aliphatic hydroxyl groups excluding tert-OH is 1. The maximum atomic E-state index is 12.4. The summed E-state index contributed by atoms with van der Waals surface area (Å²) < 4.78 is 5.36. The maximum absolute atomic E-state index is 12.4. The lowest BCUT2D eigenvalue weighted by atomic mass is 10.1. The van der Waals surface area contributed by atoms with Crippen molar-refractivity contribution >= 4 is 11.7 Å². The number of aliphatic hydroxyl groups is 1. The number of hydrogen-bond donors (Lipinski definition) is 2. The largest absolute Gasteiger partial charge is 0.394 e. The van der Waals surface area contributed by atoms with Gasteiger partial charge in [0.1, 0.15) is 0 Å². The van der Waals surface area contributed by atoms with Crippen LogP contribution in [0, 0.1) is 11.8 Å². The van der Waals surface area contributed by atoms with Gasteiger partial charge in [-0.15, -0.1) is 0 Å². The SMILES string of the molecule is O=C(Nc1cccc(C#Cc2ccccc2)c1)N1CCOC(CO)C1. The summed E-state index contributed by atoms with van der Waals surface area (Å²) in [5.41, 5.74) is 2.47. The molecule has 25 heavy (non-hydrogen) atoms. The van der Waals surface area contributed by atoms with Crippen molar-refractivity contribution in [3.63, 3.8) is 0 Å². The molecule has 0 spiro atoms. The molecule has 2 N–H and O–H groups in total. The quantitative estimate of drug-likeness (QED) is 0.828. The van der Waals surface area contributed by atoms with E-state index in [0.29, 0.717) is 25.4 Å². The molecule has 1 aliphatic rings. The van der Waals surface area contributed by atoms with Gasteiger partial charge in [-0.05, 0) is 30.3 Å². The molecule has 2 aromatic rings. The fourth-order valence-electron chi connectivity index (χ4n) is 2.56. The summed E-state index contributed by atoms with van der Waals surface area (Å²) in [6.07, 6.45) is -0.317. The summed E-state index contributed by atoms with van der Waals surface area (Å²) in [6, 6.07) is 17.0. The van der Waals surface area contributed by atoms with Crippen LogP contribution in [0.4, 0.5) is 10.5 Å². The average molecular weight is 336 g/mol. The van der Waals surface area contributed by atoms with Crippen molar-refractivity contribution in [2.75, 3.05) is 31.6 Å². The Kier molecular flexibility index (Phi) is 5.68. The molecule has 0 saturated carbocycles. The minimum atomic E-state index is -0.317. The van der Waals surface area contributed by atoms with E-state index < -0.39 is 0 Å². The number of carbonyl (C=O) groups excluding carboxylic acids is 1. The number of hydrogen-bond acceptors (Lipinski definition) is 3. The van der Waals surface area contributed by atoms with Gasteiger partial charge >= 0.3 is 6.03 Å². The first-order valence-corrected chi connectivity index (χ1v) is 8.20. The lowest BCUT2D eigenvalue weighted by Gasteiger charge is -2.32. The van der Waals surface area contributed by atoms with Gasteiger partial charge in [0.15, 0.2) is 0 Å². The average Bonchev–Trinajstić information content (AvgIpc) is 2.67. The number of benzene rings is 2. The smallest absolute Gasteiger partial charge is 0.322 e. The number of amides is 2. The first kappa shape index (κ1) is 17.0. The van der Waals surface area contributed by atoms with E-state index in [2.05, 4.69) is 17.2 Å². The number of urea groups is 1. The van der Waals surface area contributed by atoms with Gasteiger partial charge in [-0.2, -0.15) is 0 Å². The van der Waals surface area contributed by atoms with Crippen LogP contribution in [0.5, 0.6) is 0 Å². The van der Waals surface area contributed by atoms with Crippen LogP contribution in [0.15, 0.2) is 54.6 Å². The van der Waals surface area contributed by atoms with Crippen LogP contribution in [0.25, 0.3) is 0 Å². The number of anilines is 1. The Morgan fingerprint density at radius 3 is 2.72 bits per heavy atom. The van der Waals surface area contributed by atoms with Crippen LogP contribution in [-0.2, 0) is 4.74 Å². The van der Waals surface area contributed by atoms with Crippen molar-refractivity contribution in [1.82, 2.24) is 4.90 Å². The van der Waals surface area contributed by atoms with Crippen molar-refractivity contribution in [2.45, 2.75) is 6.10 Å². The Morgan fingerprint density at radius 2 is 1.92 bits per heavy atom. The second-order valence-corrected chi connectivity index (χ2v) is 5.75. The summed E-state index contributed by atoms with van der Waals surface area (Å²) in [5, 5.41) is 12.0. The van der Waals surface area contributed by atoms with E-state index in [9.17, 15) is 9.90 Å². The summed E-state index contributed by atoms with van der Waals surface area (Å²) >= 11 is 0. The topological polar surface area (TPSA) is 61.8 Å². The molecule has 1 unspecified atom stereocenters. The van der Waals surface area contributed by atoms with Crippen LogP contribution in [0.1, 0.15) is 11.1 Å². The molecule has 128 valence electrons. The Balaban J connectivity index is 1.65. The van der Waals surface area contributed by atoms with Gasteiger partial charge in [-0.25, -0.2) is 4.79 Å². The Hall–Kier alpha value is -2.81. The van der Waals surface area contributed by atoms with Crippen LogP contribution >= 0.6 is 0 Å². The maximum Gasteiger partial charge on any atom is 0.322 e. The second-order valence-electron chi connectivity index (χ2n) is 5.75. The molecular formula is C20H20N2O3.